The van der Waals surface area contributed by atoms with Crippen LogP contribution in [0.4, 0.5) is 16.2 Å². The van der Waals surface area contributed by atoms with Crippen LogP contribution in [0.15, 0.2) is 42.6 Å². The highest BCUT2D eigenvalue weighted by molar-refractivity contribution is 6.05. The number of nitrogens with one attached hydrogen (secondary N) is 3. The molecule has 0 aliphatic carbocycles. The molecular weight excluding hydrogens is 330 g/mol. The van der Waals surface area contributed by atoms with E-state index in [4.69, 9.17) is 5.73 Å². The van der Waals surface area contributed by atoms with E-state index in [2.05, 4.69) is 27.9 Å². The van der Waals surface area contributed by atoms with Crippen LogP contribution in [0.25, 0.3) is 0 Å². The van der Waals surface area contributed by atoms with Crippen LogP contribution in [-0.2, 0) is 6.54 Å². The number of urea groups is 1. The zero-order valence-electron chi connectivity index (χ0n) is 14.9. The molecule has 0 bridgehead atoms. The lowest BCUT2D eigenvalue weighted by molar-refractivity contribution is 0.102. The van der Waals surface area contributed by atoms with Crippen LogP contribution in [-0.4, -0.2) is 23.5 Å². The summed E-state index contributed by atoms with van der Waals surface area (Å²) in [4.78, 5) is 28.1. The van der Waals surface area contributed by atoms with Crippen molar-refractivity contribution in [1.82, 2.24) is 15.6 Å². The first-order valence-corrected chi connectivity index (χ1v) is 8.72. The number of amides is 3. The van der Waals surface area contributed by atoms with Crippen LogP contribution in [0.2, 0.25) is 0 Å². The molecule has 0 aliphatic rings. The molecule has 3 amide bonds. The minimum absolute atomic E-state index is 0.218. The van der Waals surface area contributed by atoms with Gasteiger partial charge < -0.3 is 21.7 Å². The second kappa shape index (κ2) is 10.0. The quantitative estimate of drug-likeness (QED) is 0.431. The summed E-state index contributed by atoms with van der Waals surface area (Å²) in [6, 6.07) is 10.2. The average Bonchev–Trinajstić information content (AvgIpc) is 2.66. The lowest BCUT2D eigenvalue weighted by atomic mass is 10.2. The molecule has 26 heavy (non-hydrogen) atoms. The predicted octanol–water partition coefficient (Wildman–Crippen LogP) is 2.91. The van der Waals surface area contributed by atoms with E-state index in [1.54, 1.807) is 36.4 Å². The first-order valence-electron chi connectivity index (χ1n) is 8.72. The Morgan fingerprint density at radius 1 is 1.08 bits per heavy atom. The zero-order chi connectivity index (χ0) is 18.8. The molecule has 0 unspecified atom stereocenters. The summed E-state index contributed by atoms with van der Waals surface area (Å²) in [6.07, 6.45) is 4.66. The van der Waals surface area contributed by atoms with E-state index in [9.17, 15) is 9.59 Å². The SMILES string of the molecule is CCCCCNC(=O)NCc1ccc(C(=O)Nc2ccccc2N)cn1. The number of aromatic nitrogens is 1. The normalized spacial score (nSPS) is 10.2. The number of unbranched alkanes of at least 4 members (excludes halogenated alkanes) is 2. The molecule has 1 aromatic heterocycles. The van der Waals surface area contributed by atoms with Gasteiger partial charge in [0.2, 0.25) is 0 Å². The van der Waals surface area contributed by atoms with Crippen molar-refractivity contribution in [3.8, 4) is 0 Å². The van der Waals surface area contributed by atoms with Crippen molar-refractivity contribution in [3.05, 3.63) is 53.9 Å². The fraction of sp³-hybridized carbons (Fsp3) is 0.316. The molecular formula is C19H25N5O2. The Balaban J connectivity index is 1.81. The minimum atomic E-state index is -0.288. The summed E-state index contributed by atoms with van der Waals surface area (Å²) in [5, 5.41) is 8.28. The third-order valence-electron chi connectivity index (χ3n) is 3.79. The maximum absolute atomic E-state index is 12.2. The van der Waals surface area contributed by atoms with E-state index in [1.807, 2.05) is 0 Å². The molecule has 0 saturated carbocycles. The number of nitrogens with two attached hydrogens (primary N) is 1. The number of nitrogens with zero attached hydrogens (tertiary/aromatic N) is 1. The first kappa shape index (κ1) is 19.2. The molecule has 0 aliphatic heterocycles. The van der Waals surface area contributed by atoms with Gasteiger partial charge in [0.15, 0.2) is 0 Å². The Morgan fingerprint density at radius 3 is 2.58 bits per heavy atom. The molecule has 138 valence electrons. The number of pyridine rings is 1. The molecule has 1 aromatic carbocycles. The zero-order valence-corrected chi connectivity index (χ0v) is 14.9. The number of rotatable bonds is 8. The molecule has 7 nitrogen and oxygen atoms in total. The van der Waals surface area contributed by atoms with Crippen molar-refractivity contribution >= 4 is 23.3 Å². The van der Waals surface area contributed by atoms with Gasteiger partial charge in [0.25, 0.3) is 5.91 Å². The topological polar surface area (TPSA) is 109 Å². The lowest BCUT2D eigenvalue weighted by Crippen LogP contribution is -2.35. The van der Waals surface area contributed by atoms with Crippen molar-refractivity contribution < 1.29 is 9.59 Å². The van der Waals surface area contributed by atoms with Gasteiger partial charge in [-0.3, -0.25) is 9.78 Å². The maximum atomic E-state index is 12.2. The Kier molecular flexibility index (Phi) is 7.42. The van der Waals surface area contributed by atoms with Crippen LogP contribution in [0.5, 0.6) is 0 Å². The molecule has 2 rings (SSSR count). The molecule has 2 aromatic rings. The van der Waals surface area contributed by atoms with E-state index in [1.165, 1.54) is 6.20 Å². The van der Waals surface area contributed by atoms with Gasteiger partial charge in [-0.15, -0.1) is 0 Å². The monoisotopic (exact) mass is 355 g/mol. The summed E-state index contributed by atoms with van der Waals surface area (Å²) in [7, 11) is 0. The van der Waals surface area contributed by atoms with Crippen molar-refractivity contribution in [2.24, 2.45) is 0 Å². The molecule has 0 fully saturated rings. The molecule has 0 radical (unpaired) electrons. The summed E-state index contributed by atoms with van der Waals surface area (Å²) in [6.45, 7) is 3.08. The van der Waals surface area contributed by atoms with Gasteiger partial charge in [-0.05, 0) is 30.7 Å². The van der Waals surface area contributed by atoms with Crippen LogP contribution < -0.4 is 21.7 Å². The minimum Gasteiger partial charge on any atom is -0.397 e. The first-order chi connectivity index (χ1) is 12.6. The molecule has 0 spiro atoms. The highest BCUT2D eigenvalue weighted by atomic mass is 16.2. The summed E-state index contributed by atoms with van der Waals surface area (Å²) < 4.78 is 0. The number of hydrogen-bond acceptors (Lipinski definition) is 4. The Morgan fingerprint density at radius 2 is 1.88 bits per heavy atom. The summed E-state index contributed by atoms with van der Waals surface area (Å²) in [5.74, 6) is -0.288. The van der Waals surface area contributed by atoms with Crippen LogP contribution in [0.1, 0.15) is 42.2 Å². The fourth-order valence-electron chi connectivity index (χ4n) is 2.28. The highest BCUT2D eigenvalue weighted by Gasteiger charge is 2.09. The molecule has 7 heteroatoms. The number of hydrogen-bond donors (Lipinski definition) is 4. The van der Waals surface area contributed by atoms with E-state index >= 15 is 0 Å². The Hall–Kier alpha value is -3.09. The van der Waals surface area contributed by atoms with Gasteiger partial charge in [0.1, 0.15) is 0 Å². The van der Waals surface area contributed by atoms with E-state index < -0.39 is 0 Å². The molecule has 0 atom stereocenters. The van der Waals surface area contributed by atoms with Gasteiger partial charge in [-0.2, -0.15) is 0 Å². The van der Waals surface area contributed by atoms with Gasteiger partial charge in [-0.25, -0.2) is 4.79 Å². The fourth-order valence-corrected chi connectivity index (χ4v) is 2.28. The third-order valence-corrected chi connectivity index (χ3v) is 3.79. The number of nitrogen functional groups attached to an aromatic ring is 1. The van der Waals surface area contributed by atoms with Gasteiger partial charge in [-0.1, -0.05) is 31.9 Å². The largest absolute Gasteiger partial charge is 0.397 e. The van der Waals surface area contributed by atoms with Crippen molar-refractivity contribution in [2.75, 3.05) is 17.6 Å². The van der Waals surface area contributed by atoms with Crippen LogP contribution >= 0.6 is 0 Å². The van der Waals surface area contributed by atoms with Crippen LogP contribution in [0, 0.1) is 0 Å². The van der Waals surface area contributed by atoms with Crippen LogP contribution in [0.3, 0.4) is 0 Å². The summed E-state index contributed by atoms with van der Waals surface area (Å²) >= 11 is 0. The van der Waals surface area contributed by atoms with Crippen molar-refractivity contribution in [1.29, 1.82) is 0 Å². The second-order valence-corrected chi connectivity index (χ2v) is 5.90. The number of benzene rings is 1. The predicted molar refractivity (Wildman–Crippen MR) is 103 cm³/mol. The van der Waals surface area contributed by atoms with Gasteiger partial charge >= 0.3 is 6.03 Å². The number of anilines is 2. The number of para-hydroxylation sites is 2. The highest BCUT2D eigenvalue weighted by Crippen LogP contribution is 2.17. The van der Waals surface area contributed by atoms with E-state index in [0.717, 1.165) is 19.3 Å². The lowest BCUT2D eigenvalue weighted by Gasteiger charge is -2.09. The van der Waals surface area contributed by atoms with Crippen molar-refractivity contribution in [3.63, 3.8) is 0 Å². The molecule has 1 heterocycles. The standard InChI is InChI=1S/C19H25N5O2/c1-2-3-6-11-21-19(26)23-13-15-10-9-14(12-22-15)18(25)24-17-8-5-4-7-16(17)20/h4-5,7-10,12H,2-3,6,11,13,20H2,1H3,(H,24,25)(H2,21,23,26). The van der Waals surface area contributed by atoms with Gasteiger partial charge in [0, 0.05) is 12.7 Å². The Bertz CT molecular complexity index is 731. The molecule has 5 N–H and O–H groups in total. The average molecular weight is 355 g/mol. The smallest absolute Gasteiger partial charge is 0.315 e. The van der Waals surface area contributed by atoms with Gasteiger partial charge in [0.05, 0.1) is 29.2 Å². The van der Waals surface area contributed by atoms with E-state index in [0.29, 0.717) is 35.7 Å². The van der Waals surface area contributed by atoms with E-state index in [-0.39, 0.29) is 11.9 Å². The second-order valence-electron chi connectivity index (χ2n) is 5.90. The maximum Gasteiger partial charge on any atom is 0.315 e. The molecule has 0 saturated heterocycles. The third kappa shape index (κ3) is 6.08. The Labute approximate surface area is 153 Å². The number of carbonyl (C=O) groups is 2. The summed E-state index contributed by atoms with van der Waals surface area (Å²) in [5.41, 5.74) is 7.96. The van der Waals surface area contributed by atoms with Crippen molar-refractivity contribution in [2.45, 2.75) is 32.7 Å². The number of carbonyl (C=O) groups excluding carboxylic acids is 2.